The minimum Gasteiger partial charge on any atom is -0.372 e. The van der Waals surface area contributed by atoms with Crippen molar-refractivity contribution < 1.29 is 9.59 Å². The molecule has 1 aliphatic heterocycles. The predicted molar refractivity (Wildman–Crippen MR) is 121 cm³/mol. The zero-order valence-corrected chi connectivity index (χ0v) is 20.0. The Kier molecular flexibility index (Phi) is 5.60. The highest BCUT2D eigenvalue weighted by Crippen LogP contribution is 2.64. The summed E-state index contributed by atoms with van der Waals surface area (Å²) >= 11 is 0. The molecule has 4 aliphatic rings. The number of carbonyl (C=O) groups excluding carboxylic acids is 2. The second kappa shape index (κ2) is 7.67. The van der Waals surface area contributed by atoms with Gasteiger partial charge in [0.05, 0.1) is 0 Å². The molecule has 0 N–H and O–H groups in total. The zero-order chi connectivity index (χ0) is 21.8. The van der Waals surface area contributed by atoms with E-state index < -0.39 is 5.92 Å². The first-order chi connectivity index (χ1) is 14.2. The highest BCUT2D eigenvalue weighted by Gasteiger charge is 2.59. The number of amides is 1. The van der Waals surface area contributed by atoms with E-state index in [1.54, 1.807) is 0 Å². The van der Waals surface area contributed by atoms with Crippen molar-refractivity contribution in [1.29, 1.82) is 0 Å². The van der Waals surface area contributed by atoms with Crippen LogP contribution in [0.15, 0.2) is 11.8 Å². The quantitative estimate of drug-likeness (QED) is 0.615. The van der Waals surface area contributed by atoms with Gasteiger partial charge in [0.2, 0.25) is 5.91 Å². The van der Waals surface area contributed by atoms with Crippen molar-refractivity contribution in [2.24, 2.45) is 34.5 Å². The average molecular weight is 415 g/mol. The lowest BCUT2D eigenvalue weighted by Crippen LogP contribution is -2.60. The van der Waals surface area contributed by atoms with Crippen LogP contribution in [0.1, 0.15) is 80.1 Å². The smallest absolute Gasteiger partial charge is 0.233 e. The van der Waals surface area contributed by atoms with Gasteiger partial charge in [-0.3, -0.25) is 9.59 Å². The Hall–Kier alpha value is -1.32. The Morgan fingerprint density at radius 2 is 1.87 bits per heavy atom. The Morgan fingerprint density at radius 3 is 2.50 bits per heavy atom. The van der Waals surface area contributed by atoms with Gasteiger partial charge < -0.3 is 9.80 Å². The predicted octanol–water partition coefficient (Wildman–Crippen LogP) is 4.89. The van der Waals surface area contributed by atoms with Crippen LogP contribution in [0.5, 0.6) is 0 Å². The third kappa shape index (κ3) is 3.15. The lowest BCUT2D eigenvalue weighted by atomic mass is 9.49. The fraction of sp³-hybridized carbons (Fsp3) is 0.846. The maximum Gasteiger partial charge on any atom is 0.233 e. The minimum atomic E-state index is -0.497. The van der Waals surface area contributed by atoms with Crippen molar-refractivity contribution in [3.05, 3.63) is 11.8 Å². The van der Waals surface area contributed by atoms with Gasteiger partial charge in [0.25, 0.3) is 0 Å². The van der Waals surface area contributed by atoms with Crippen LogP contribution in [-0.4, -0.2) is 47.2 Å². The summed E-state index contributed by atoms with van der Waals surface area (Å²) in [5.41, 5.74) is 1.66. The molecule has 4 nitrogen and oxygen atoms in total. The third-order valence-corrected chi connectivity index (χ3v) is 9.59. The fourth-order valence-electron chi connectivity index (χ4n) is 7.89. The van der Waals surface area contributed by atoms with Crippen LogP contribution in [0.4, 0.5) is 0 Å². The van der Waals surface area contributed by atoms with Crippen molar-refractivity contribution in [2.45, 2.75) is 86.1 Å². The van der Waals surface area contributed by atoms with Gasteiger partial charge in [-0.25, -0.2) is 0 Å². The van der Waals surface area contributed by atoms with Crippen molar-refractivity contribution in [3.63, 3.8) is 0 Å². The molecular weight excluding hydrogens is 372 g/mol. The summed E-state index contributed by atoms with van der Waals surface area (Å²) in [6.45, 7) is 15.9. The molecule has 1 heterocycles. The van der Waals surface area contributed by atoms with Gasteiger partial charge in [0.15, 0.2) is 5.78 Å². The molecular formula is C26H42N2O2. The summed E-state index contributed by atoms with van der Waals surface area (Å²) in [7, 11) is 0. The van der Waals surface area contributed by atoms with E-state index in [2.05, 4.69) is 32.6 Å². The van der Waals surface area contributed by atoms with E-state index in [1.807, 2.05) is 24.8 Å². The normalized spacial score (nSPS) is 40.6. The summed E-state index contributed by atoms with van der Waals surface area (Å²) in [5, 5.41) is 0. The first-order valence-electron chi connectivity index (χ1n) is 12.5. The second-order valence-electron chi connectivity index (χ2n) is 11.3. The SMILES string of the molecule is CCN(CC)C(=O)C1C[C@@]2(C)C(=CC1=O)N(C(C)C)C[C@@H]1[C@H]2CC[C@]2(C)CCC[C@@H]12. The molecule has 4 heteroatoms. The number of fused-ring (bicyclic) bond motifs is 5. The molecule has 2 saturated carbocycles. The maximum absolute atomic E-state index is 13.3. The summed E-state index contributed by atoms with van der Waals surface area (Å²) in [5.74, 6) is 1.66. The molecule has 3 fully saturated rings. The summed E-state index contributed by atoms with van der Waals surface area (Å²) in [4.78, 5) is 30.8. The average Bonchev–Trinajstić information content (AvgIpc) is 3.10. The standard InChI is InChI=1S/C26H42N2O2/c1-7-27(8-2)24(30)18-15-26(6)21-11-13-25(5)12-9-10-20(25)19(21)16-28(17(3)4)23(26)14-22(18)29/h14,17-21H,7-13,15-16H2,1-6H3/t18?,19-,20-,21+,25-,26+/m0/s1. The largest absolute Gasteiger partial charge is 0.372 e. The molecule has 1 saturated heterocycles. The molecule has 0 radical (unpaired) electrons. The molecule has 30 heavy (non-hydrogen) atoms. The first-order valence-corrected chi connectivity index (χ1v) is 12.5. The lowest BCUT2D eigenvalue weighted by Gasteiger charge is -2.61. The Bertz CT molecular complexity index is 739. The van der Waals surface area contributed by atoms with Gasteiger partial charge in [-0.15, -0.1) is 0 Å². The molecule has 0 spiro atoms. The highest BCUT2D eigenvalue weighted by atomic mass is 16.2. The van der Waals surface area contributed by atoms with Crippen LogP contribution in [0, 0.1) is 34.5 Å². The van der Waals surface area contributed by atoms with Crippen LogP contribution < -0.4 is 0 Å². The lowest BCUT2D eigenvalue weighted by molar-refractivity contribution is -0.145. The van der Waals surface area contributed by atoms with Crippen LogP contribution in [0.3, 0.4) is 0 Å². The minimum absolute atomic E-state index is 0.0324. The molecule has 4 rings (SSSR count). The van der Waals surface area contributed by atoms with Gasteiger partial charge >= 0.3 is 0 Å². The molecule has 168 valence electrons. The Balaban J connectivity index is 1.74. The number of hydrogen-bond donors (Lipinski definition) is 0. The number of allylic oxidation sites excluding steroid dienone is 2. The van der Waals surface area contributed by atoms with E-state index in [4.69, 9.17) is 0 Å². The van der Waals surface area contributed by atoms with Crippen LogP contribution in [0.25, 0.3) is 0 Å². The van der Waals surface area contributed by atoms with Crippen molar-refractivity contribution in [1.82, 2.24) is 9.80 Å². The van der Waals surface area contributed by atoms with E-state index >= 15 is 0 Å². The Labute approximate surface area is 183 Å². The summed E-state index contributed by atoms with van der Waals surface area (Å²) < 4.78 is 0. The molecule has 3 aliphatic carbocycles. The number of carbonyl (C=O) groups is 2. The second-order valence-corrected chi connectivity index (χ2v) is 11.3. The topological polar surface area (TPSA) is 40.6 Å². The van der Waals surface area contributed by atoms with E-state index in [1.165, 1.54) is 37.8 Å². The molecule has 0 aromatic carbocycles. The van der Waals surface area contributed by atoms with Gasteiger partial charge in [-0.1, -0.05) is 20.3 Å². The Morgan fingerprint density at radius 1 is 1.17 bits per heavy atom. The molecule has 0 aromatic heterocycles. The van der Waals surface area contributed by atoms with Crippen LogP contribution in [0.2, 0.25) is 0 Å². The van der Waals surface area contributed by atoms with Crippen molar-refractivity contribution >= 4 is 11.7 Å². The van der Waals surface area contributed by atoms with E-state index in [0.29, 0.717) is 42.8 Å². The maximum atomic E-state index is 13.3. The van der Waals surface area contributed by atoms with Gasteiger partial charge in [0.1, 0.15) is 5.92 Å². The molecule has 1 unspecified atom stereocenters. The van der Waals surface area contributed by atoms with Crippen LogP contribution in [-0.2, 0) is 9.59 Å². The summed E-state index contributed by atoms with van der Waals surface area (Å²) in [6.07, 6.45) is 9.24. The molecule has 6 atom stereocenters. The van der Waals surface area contributed by atoms with E-state index in [9.17, 15) is 9.59 Å². The molecule has 1 amide bonds. The van der Waals surface area contributed by atoms with Gasteiger partial charge in [-0.2, -0.15) is 0 Å². The van der Waals surface area contributed by atoms with Crippen molar-refractivity contribution in [3.8, 4) is 0 Å². The van der Waals surface area contributed by atoms with E-state index in [0.717, 1.165) is 12.5 Å². The van der Waals surface area contributed by atoms with Crippen molar-refractivity contribution in [2.75, 3.05) is 19.6 Å². The number of hydrogen-bond acceptors (Lipinski definition) is 3. The zero-order valence-electron chi connectivity index (χ0n) is 20.0. The molecule has 0 bridgehead atoms. The van der Waals surface area contributed by atoms with Gasteiger partial charge in [-0.05, 0) is 83.0 Å². The van der Waals surface area contributed by atoms with Crippen LogP contribution >= 0.6 is 0 Å². The monoisotopic (exact) mass is 414 g/mol. The number of likely N-dealkylation sites (tertiary alicyclic amines) is 1. The fourth-order valence-corrected chi connectivity index (χ4v) is 7.89. The number of piperidine rings is 1. The first kappa shape index (κ1) is 21.9. The molecule has 0 aromatic rings. The van der Waals surface area contributed by atoms with Gasteiger partial charge in [0, 0.05) is 42.9 Å². The summed E-state index contributed by atoms with van der Waals surface area (Å²) in [6, 6.07) is 0.383. The van der Waals surface area contributed by atoms with E-state index in [-0.39, 0.29) is 17.1 Å². The number of nitrogens with zero attached hydrogens (tertiary/aromatic N) is 2. The number of ketones is 1. The number of rotatable bonds is 4. The highest BCUT2D eigenvalue weighted by molar-refractivity contribution is 6.08. The third-order valence-electron chi connectivity index (χ3n) is 9.59.